The maximum Gasteiger partial charge on any atom is 0.257 e. The molecule has 0 bridgehead atoms. The summed E-state index contributed by atoms with van der Waals surface area (Å²) in [4.78, 5) is 18.6. The van der Waals surface area contributed by atoms with Crippen LogP contribution in [0.4, 0.5) is 5.82 Å². The Balaban J connectivity index is 2.18. The second kappa shape index (κ2) is 7.27. The van der Waals surface area contributed by atoms with E-state index in [0.29, 0.717) is 24.5 Å². The molecule has 1 aromatic heterocycles. The van der Waals surface area contributed by atoms with Crippen molar-refractivity contribution >= 4 is 21.7 Å². The Morgan fingerprint density at radius 1 is 1.43 bits per heavy atom. The lowest BCUT2D eigenvalue weighted by Gasteiger charge is -2.18. The fourth-order valence-electron chi connectivity index (χ4n) is 3.06. The minimum absolute atomic E-state index is 0.124. The van der Waals surface area contributed by atoms with Crippen LogP contribution in [-0.4, -0.2) is 56.6 Å². The molecule has 2 rings (SSSR count). The Morgan fingerprint density at radius 3 is 2.78 bits per heavy atom. The van der Waals surface area contributed by atoms with Crippen LogP contribution >= 0.6 is 0 Å². The van der Waals surface area contributed by atoms with Crippen molar-refractivity contribution < 1.29 is 13.2 Å². The monoisotopic (exact) mass is 340 g/mol. The second-order valence-electron chi connectivity index (χ2n) is 5.90. The lowest BCUT2D eigenvalue weighted by molar-refractivity contribution is 0.0785. The summed E-state index contributed by atoms with van der Waals surface area (Å²) in [5.41, 5.74) is 0.505. The van der Waals surface area contributed by atoms with E-state index in [1.54, 1.807) is 30.3 Å². The van der Waals surface area contributed by atoms with E-state index >= 15 is 0 Å². The fraction of sp³-hybridized carbons (Fsp3) is 0.600. The van der Waals surface area contributed by atoms with Crippen molar-refractivity contribution in [3.8, 4) is 0 Å². The summed E-state index contributed by atoms with van der Waals surface area (Å²) in [6.45, 7) is 2.99. The summed E-state index contributed by atoms with van der Waals surface area (Å²) in [5, 5.41) is 2.92. The van der Waals surface area contributed by atoms with Gasteiger partial charge in [-0.2, -0.15) is 0 Å². The van der Waals surface area contributed by atoms with E-state index in [9.17, 15) is 13.2 Å². The van der Waals surface area contributed by atoms with Gasteiger partial charge in [0.2, 0.25) is 10.0 Å². The standard InChI is InChI=1S/C15H24N4O3S/c1-4-6-11-9-19(10-13(11)18-23(3,21)22)15(20)12-7-5-8-17-14(12)16-2/h5,7-8,11,13,18H,4,6,9-10H2,1-3H3,(H,16,17)/t11-,13-/m1/s1. The van der Waals surface area contributed by atoms with E-state index in [4.69, 9.17) is 0 Å². The molecule has 2 heterocycles. The summed E-state index contributed by atoms with van der Waals surface area (Å²) in [5.74, 6) is 0.541. The van der Waals surface area contributed by atoms with Crippen LogP contribution in [0.1, 0.15) is 30.1 Å². The zero-order chi connectivity index (χ0) is 17.0. The summed E-state index contributed by atoms with van der Waals surface area (Å²) in [6, 6.07) is 3.22. The van der Waals surface area contributed by atoms with Gasteiger partial charge in [-0.05, 0) is 24.5 Å². The molecule has 8 heteroatoms. The van der Waals surface area contributed by atoms with Crippen LogP contribution in [0.25, 0.3) is 0 Å². The van der Waals surface area contributed by atoms with Crippen LogP contribution < -0.4 is 10.0 Å². The average Bonchev–Trinajstić information content (AvgIpc) is 2.87. The molecule has 2 atom stereocenters. The number of carbonyl (C=O) groups is 1. The number of amides is 1. The molecule has 1 aliphatic rings. The van der Waals surface area contributed by atoms with Crippen molar-refractivity contribution in [1.82, 2.24) is 14.6 Å². The van der Waals surface area contributed by atoms with Gasteiger partial charge in [0, 0.05) is 32.4 Å². The normalized spacial score (nSPS) is 21.4. The molecule has 0 unspecified atom stereocenters. The molecule has 1 amide bonds. The van der Waals surface area contributed by atoms with Gasteiger partial charge in [-0.25, -0.2) is 18.1 Å². The molecule has 0 aromatic carbocycles. The lowest BCUT2D eigenvalue weighted by Crippen LogP contribution is -2.40. The van der Waals surface area contributed by atoms with Gasteiger partial charge in [-0.15, -0.1) is 0 Å². The highest BCUT2D eigenvalue weighted by atomic mass is 32.2. The Hall–Kier alpha value is -1.67. The molecule has 0 aliphatic carbocycles. The minimum atomic E-state index is -3.30. The number of nitrogens with one attached hydrogen (secondary N) is 2. The van der Waals surface area contributed by atoms with Crippen LogP contribution in [-0.2, 0) is 10.0 Å². The van der Waals surface area contributed by atoms with Crippen molar-refractivity contribution in [3.63, 3.8) is 0 Å². The number of pyridine rings is 1. The van der Waals surface area contributed by atoms with E-state index in [1.807, 2.05) is 0 Å². The number of hydrogen-bond acceptors (Lipinski definition) is 5. The van der Waals surface area contributed by atoms with Crippen molar-refractivity contribution in [1.29, 1.82) is 0 Å². The third-order valence-electron chi connectivity index (χ3n) is 4.03. The number of likely N-dealkylation sites (tertiary alicyclic amines) is 1. The first-order chi connectivity index (χ1) is 10.9. The highest BCUT2D eigenvalue weighted by molar-refractivity contribution is 7.88. The number of nitrogens with zero attached hydrogens (tertiary/aromatic N) is 2. The molecule has 23 heavy (non-hydrogen) atoms. The van der Waals surface area contributed by atoms with Crippen LogP contribution in [0.15, 0.2) is 18.3 Å². The smallest absolute Gasteiger partial charge is 0.257 e. The predicted octanol–water partition coefficient (Wildman–Crippen LogP) is 0.913. The molecule has 1 fully saturated rings. The summed E-state index contributed by atoms with van der Waals surface area (Å²) in [7, 11) is -1.58. The summed E-state index contributed by atoms with van der Waals surface area (Å²) < 4.78 is 25.8. The van der Waals surface area contributed by atoms with E-state index in [-0.39, 0.29) is 17.9 Å². The van der Waals surface area contributed by atoms with Gasteiger partial charge < -0.3 is 10.2 Å². The van der Waals surface area contributed by atoms with Gasteiger partial charge in [0.15, 0.2) is 0 Å². The zero-order valence-corrected chi connectivity index (χ0v) is 14.6. The number of carbonyl (C=O) groups excluding carboxylic acids is 1. The van der Waals surface area contributed by atoms with E-state index in [2.05, 4.69) is 21.9 Å². The highest BCUT2D eigenvalue weighted by Gasteiger charge is 2.36. The van der Waals surface area contributed by atoms with Crippen LogP contribution in [0, 0.1) is 5.92 Å². The van der Waals surface area contributed by atoms with Crippen molar-refractivity contribution in [2.24, 2.45) is 5.92 Å². The second-order valence-corrected chi connectivity index (χ2v) is 7.69. The van der Waals surface area contributed by atoms with Gasteiger partial charge in [0.25, 0.3) is 5.91 Å². The molecule has 1 aromatic rings. The van der Waals surface area contributed by atoms with Gasteiger partial charge >= 0.3 is 0 Å². The van der Waals surface area contributed by atoms with Gasteiger partial charge in [0.05, 0.1) is 11.8 Å². The molecular formula is C15H24N4O3S. The SMILES string of the molecule is CCC[C@@H]1CN(C(=O)c2cccnc2NC)C[C@H]1NS(C)(=O)=O. The van der Waals surface area contributed by atoms with Crippen molar-refractivity contribution in [2.75, 3.05) is 31.7 Å². The quantitative estimate of drug-likeness (QED) is 0.803. The average molecular weight is 340 g/mol. The van der Waals surface area contributed by atoms with Crippen molar-refractivity contribution in [2.45, 2.75) is 25.8 Å². The Kier molecular flexibility index (Phi) is 5.59. The first-order valence-corrected chi connectivity index (χ1v) is 9.64. The summed E-state index contributed by atoms with van der Waals surface area (Å²) >= 11 is 0. The van der Waals surface area contributed by atoms with Crippen LogP contribution in [0.5, 0.6) is 0 Å². The first-order valence-electron chi connectivity index (χ1n) is 7.75. The van der Waals surface area contributed by atoms with Gasteiger partial charge in [-0.3, -0.25) is 4.79 Å². The largest absolute Gasteiger partial charge is 0.372 e. The number of aromatic nitrogens is 1. The van der Waals surface area contributed by atoms with Crippen molar-refractivity contribution in [3.05, 3.63) is 23.9 Å². The Bertz CT molecular complexity index is 662. The molecule has 0 radical (unpaired) electrons. The van der Waals surface area contributed by atoms with E-state index in [0.717, 1.165) is 19.1 Å². The number of sulfonamides is 1. The molecule has 1 aliphatic heterocycles. The number of hydrogen-bond donors (Lipinski definition) is 2. The van der Waals surface area contributed by atoms with E-state index < -0.39 is 10.0 Å². The fourth-order valence-corrected chi connectivity index (χ4v) is 3.87. The molecular weight excluding hydrogens is 316 g/mol. The maximum absolute atomic E-state index is 12.8. The van der Waals surface area contributed by atoms with Crippen LogP contribution in [0.2, 0.25) is 0 Å². The van der Waals surface area contributed by atoms with Gasteiger partial charge in [0.1, 0.15) is 5.82 Å². The molecule has 0 spiro atoms. The first kappa shape index (κ1) is 17.7. The lowest BCUT2D eigenvalue weighted by atomic mass is 9.99. The highest BCUT2D eigenvalue weighted by Crippen LogP contribution is 2.25. The summed E-state index contributed by atoms with van der Waals surface area (Å²) in [6.07, 6.45) is 4.60. The van der Waals surface area contributed by atoms with Gasteiger partial charge in [-0.1, -0.05) is 13.3 Å². The Labute approximate surface area is 137 Å². The third kappa shape index (κ3) is 4.42. The molecule has 7 nitrogen and oxygen atoms in total. The molecule has 1 saturated heterocycles. The zero-order valence-electron chi connectivity index (χ0n) is 13.7. The molecule has 2 N–H and O–H groups in total. The number of rotatable bonds is 6. The Morgan fingerprint density at radius 2 is 2.17 bits per heavy atom. The van der Waals surface area contributed by atoms with Crippen LogP contribution in [0.3, 0.4) is 0 Å². The third-order valence-corrected chi connectivity index (χ3v) is 4.76. The number of anilines is 1. The molecule has 0 saturated carbocycles. The molecule has 128 valence electrons. The maximum atomic E-state index is 12.8. The van der Waals surface area contributed by atoms with E-state index in [1.165, 1.54) is 0 Å². The topological polar surface area (TPSA) is 91.4 Å². The minimum Gasteiger partial charge on any atom is -0.372 e. The predicted molar refractivity (Wildman–Crippen MR) is 89.9 cm³/mol.